The molecular weight excluding hydrogens is 322 g/mol. The Hall–Kier alpha value is -2.95. The Kier molecular flexibility index (Phi) is 5.46. The van der Waals surface area contributed by atoms with Crippen LogP contribution in [0.1, 0.15) is 26.3 Å². The summed E-state index contributed by atoms with van der Waals surface area (Å²) in [7, 11) is 0. The van der Waals surface area contributed by atoms with Crippen molar-refractivity contribution in [2.45, 2.75) is 32.7 Å². The van der Waals surface area contributed by atoms with Gasteiger partial charge in [0.25, 0.3) is 0 Å². The summed E-state index contributed by atoms with van der Waals surface area (Å²) >= 11 is 0. The van der Waals surface area contributed by atoms with Gasteiger partial charge in [0.15, 0.2) is 0 Å². The average Bonchev–Trinajstić information content (AvgIpc) is 2.62. The second-order valence-electron chi connectivity index (χ2n) is 7.24. The van der Waals surface area contributed by atoms with Crippen molar-refractivity contribution in [3.8, 4) is 11.3 Å². The predicted octanol–water partition coefficient (Wildman–Crippen LogP) is 4.40. The van der Waals surface area contributed by atoms with E-state index in [1.807, 2.05) is 24.3 Å². The van der Waals surface area contributed by atoms with Crippen LogP contribution in [0, 0.1) is 0 Å². The highest BCUT2D eigenvalue weighted by Gasteiger charge is 2.13. The number of benzene rings is 1. The second-order valence-corrected chi connectivity index (χ2v) is 7.24. The number of nitrogens with one attached hydrogen (secondary N) is 2. The van der Waals surface area contributed by atoms with E-state index in [-0.39, 0.29) is 5.54 Å². The van der Waals surface area contributed by atoms with E-state index in [0.29, 0.717) is 5.95 Å². The van der Waals surface area contributed by atoms with Gasteiger partial charge in [-0.3, -0.25) is 4.98 Å². The summed E-state index contributed by atoms with van der Waals surface area (Å²) in [5.41, 5.74) is 3.08. The number of hydrogen-bond donors (Lipinski definition) is 2. The Balaban J connectivity index is 1.80. The molecule has 2 aromatic heterocycles. The third-order valence-electron chi connectivity index (χ3n) is 3.75. The molecule has 0 bridgehead atoms. The Morgan fingerprint density at radius 1 is 0.923 bits per heavy atom. The number of nitrogens with zero attached hydrogens (tertiary/aromatic N) is 3. The first-order valence-electron chi connectivity index (χ1n) is 8.85. The largest absolute Gasteiger partial charge is 0.370 e. The number of rotatable bonds is 6. The molecule has 0 unspecified atom stereocenters. The lowest BCUT2D eigenvalue weighted by Gasteiger charge is -2.21. The van der Waals surface area contributed by atoms with Crippen molar-refractivity contribution in [1.82, 2.24) is 15.0 Å². The summed E-state index contributed by atoms with van der Waals surface area (Å²) < 4.78 is 0. The van der Waals surface area contributed by atoms with Crippen LogP contribution in [0.15, 0.2) is 60.9 Å². The molecule has 0 saturated heterocycles. The molecule has 0 radical (unpaired) electrons. The molecule has 5 heteroatoms. The molecule has 0 amide bonds. The molecule has 3 aromatic rings. The van der Waals surface area contributed by atoms with Crippen LogP contribution < -0.4 is 10.6 Å². The van der Waals surface area contributed by atoms with Crippen LogP contribution in [-0.4, -0.2) is 27.0 Å². The summed E-state index contributed by atoms with van der Waals surface area (Å²) in [6.45, 7) is 7.10. The van der Waals surface area contributed by atoms with E-state index in [9.17, 15) is 0 Å². The van der Waals surface area contributed by atoms with Crippen LogP contribution in [0.25, 0.3) is 11.3 Å². The minimum Gasteiger partial charge on any atom is -0.370 e. The summed E-state index contributed by atoms with van der Waals surface area (Å²) in [4.78, 5) is 13.4. The Morgan fingerprint density at radius 3 is 2.35 bits per heavy atom. The lowest BCUT2D eigenvalue weighted by molar-refractivity contribution is 0.626. The molecule has 0 aliphatic carbocycles. The third kappa shape index (κ3) is 5.28. The maximum atomic E-state index is 4.67. The Labute approximate surface area is 154 Å². The van der Waals surface area contributed by atoms with Crippen molar-refractivity contribution in [1.29, 1.82) is 0 Å². The monoisotopic (exact) mass is 347 g/mol. The molecular formula is C21H25N5. The van der Waals surface area contributed by atoms with Crippen molar-refractivity contribution < 1.29 is 0 Å². The molecule has 26 heavy (non-hydrogen) atoms. The van der Waals surface area contributed by atoms with Gasteiger partial charge >= 0.3 is 0 Å². The van der Waals surface area contributed by atoms with Gasteiger partial charge < -0.3 is 10.6 Å². The highest BCUT2D eigenvalue weighted by atomic mass is 15.2. The Morgan fingerprint density at radius 2 is 1.65 bits per heavy atom. The number of anilines is 2. The lowest BCUT2D eigenvalue weighted by atomic mass is 10.1. The Bertz CT molecular complexity index is 826. The van der Waals surface area contributed by atoms with Crippen LogP contribution >= 0.6 is 0 Å². The standard InChI is InChI=1S/C21H25N5/c1-21(2,3)26-20-24-18(17-10-12-22-13-11-17)15-19(25-20)23-14-9-16-7-5-4-6-8-16/h4-8,10-13,15H,9,14H2,1-3H3,(H2,23,24,25,26). The van der Waals surface area contributed by atoms with E-state index in [0.717, 1.165) is 30.0 Å². The fourth-order valence-electron chi connectivity index (χ4n) is 2.58. The van der Waals surface area contributed by atoms with E-state index in [4.69, 9.17) is 0 Å². The smallest absolute Gasteiger partial charge is 0.225 e. The van der Waals surface area contributed by atoms with E-state index in [1.54, 1.807) is 12.4 Å². The first-order valence-corrected chi connectivity index (χ1v) is 8.85. The van der Waals surface area contributed by atoms with Gasteiger partial charge in [-0.2, -0.15) is 4.98 Å². The van der Waals surface area contributed by atoms with Crippen LogP contribution in [0.4, 0.5) is 11.8 Å². The number of hydrogen-bond acceptors (Lipinski definition) is 5. The maximum Gasteiger partial charge on any atom is 0.225 e. The zero-order valence-corrected chi connectivity index (χ0v) is 15.5. The van der Waals surface area contributed by atoms with E-state index in [2.05, 4.69) is 70.6 Å². The fraction of sp³-hybridized carbons (Fsp3) is 0.286. The normalized spacial score (nSPS) is 11.2. The molecule has 0 saturated carbocycles. The van der Waals surface area contributed by atoms with E-state index < -0.39 is 0 Å². The van der Waals surface area contributed by atoms with Crippen LogP contribution in [0.2, 0.25) is 0 Å². The number of aromatic nitrogens is 3. The van der Waals surface area contributed by atoms with Crippen molar-refractivity contribution in [2.75, 3.05) is 17.2 Å². The van der Waals surface area contributed by atoms with Gasteiger partial charge in [0.1, 0.15) is 5.82 Å². The average molecular weight is 347 g/mol. The first-order chi connectivity index (χ1) is 12.5. The SMILES string of the molecule is CC(C)(C)Nc1nc(NCCc2ccccc2)cc(-c2ccncc2)n1. The van der Waals surface area contributed by atoms with E-state index >= 15 is 0 Å². The molecule has 0 spiro atoms. The van der Waals surface area contributed by atoms with Gasteiger partial charge in [0.2, 0.25) is 5.95 Å². The van der Waals surface area contributed by atoms with E-state index in [1.165, 1.54) is 5.56 Å². The highest BCUT2D eigenvalue weighted by Crippen LogP contribution is 2.22. The molecule has 0 aliphatic rings. The van der Waals surface area contributed by atoms with Crippen LogP contribution in [0.3, 0.4) is 0 Å². The summed E-state index contributed by atoms with van der Waals surface area (Å²) in [5, 5.41) is 6.78. The summed E-state index contributed by atoms with van der Waals surface area (Å²) in [6.07, 6.45) is 4.49. The van der Waals surface area contributed by atoms with Crippen molar-refractivity contribution in [2.24, 2.45) is 0 Å². The molecule has 1 aromatic carbocycles. The summed E-state index contributed by atoms with van der Waals surface area (Å²) in [5.74, 6) is 1.43. The third-order valence-corrected chi connectivity index (χ3v) is 3.75. The van der Waals surface area contributed by atoms with Gasteiger partial charge in [0.05, 0.1) is 5.69 Å². The van der Waals surface area contributed by atoms with Gasteiger partial charge in [-0.1, -0.05) is 30.3 Å². The molecule has 134 valence electrons. The van der Waals surface area contributed by atoms with Crippen molar-refractivity contribution in [3.05, 3.63) is 66.5 Å². The zero-order valence-electron chi connectivity index (χ0n) is 15.5. The first kappa shape index (κ1) is 17.9. The van der Waals surface area contributed by atoms with Crippen molar-refractivity contribution >= 4 is 11.8 Å². The second kappa shape index (κ2) is 7.95. The van der Waals surface area contributed by atoms with Gasteiger partial charge in [-0.25, -0.2) is 4.98 Å². The quantitative estimate of drug-likeness (QED) is 0.692. The number of pyridine rings is 1. The van der Waals surface area contributed by atoms with Crippen LogP contribution in [-0.2, 0) is 6.42 Å². The molecule has 3 rings (SSSR count). The van der Waals surface area contributed by atoms with Crippen molar-refractivity contribution in [3.63, 3.8) is 0 Å². The summed E-state index contributed by atoms with van der Waals surface area (Å²) in [6, 6.07) is 16.3. The molecule has 0 aliphatic heterocycles. The topological polar surface area (TPSA) is 62.7 Å². The molecule has 0 atom stereocenters. The maximum absolute atomic E-state index is 4.67. The molecule has 2 heterocycles. The minimum atomic E-state index is -0.113. The molecule has 5 nitrogen and oxygen atoms in total. The predicted molar refractivity (Wildman–Crippen MR) is 107 cm³/mol. The van der Waals surface area contributed by atoms with Gasteiger partial charge in [0, 0.05) is 36.1 Å². The van der Waals surface area contributed by atoms with Gasteiger partial charge in [-0.05, 0) is 44.9 Å². The lowest BCUT2D eigenvalue weighted by Crippen LogP contribution is -2.27. The minimum absolute atomic E-state index is 0.113. The zero-order chi connectivity index (χ0) is 18.4. The molecule has 2 N–H and O–H groups in total. The fourth-order valence-corrected chi connectivity index (χ4v) is 2.58. The highest BCUT2D eigenvalue weighted by molar-refractivity contribution is 5.64. The van der Waals surface area contributed by atoms with Crippen LogP contribution in [0.5, 0.6) is 0 Å². The molecule has 0 fully saturated rings. The van der Waals surface area contributed by atoms with Gasteiger partial charge in [-0.15, -0.1) is 0 Å².